The fraction of sp³-hybridized carbons (Fsp3) is 0.920. The lowest BCUT2D eigenvalue weighted by molar-refractivity contribution is -0.362. The maximum absolute atomic E-state index is 11.8. The fourth-order valence-electron chi connectivity index (χ4n) is 7.80. The Bertz CT molecular complexity index is 1840. The van der Waals surface area contributed by atoms with Crippen LogP contribution in [0.5, 0.6) is 0 Å². The highest BCUT2D eigenvalue weighted by Gasteiger charge is 2.54. The maximum atomic E-state index is 11.8. The largest absolute Gasteiger partial charge is 0.479 e. The van der Waals surface area contributed by atoms with Gasteiger partial charge in [-0.05, 0) is 131 Å². The number of carbonyl (C=O) groups is 2. The second-order valence-electron chi connectivity index (χ2n) is 24.3. The van der Waals surface area contributed by atoms with Crippen molar-refractivity contribution in [2.75, 3.05) is 0 Å². The topological polar surface area (TPSA) is 450 Å². The van der Waals surface area contributed by atoms with E-state index in [1.807, 2.05) is 41.5 Å². The van der Waals surface area contributed by atoms with Crippen LogP contribution in [0.15, 0.2) is 11.8 Å². The Morgan fingerprint density at radius 2 is 0.756 bits per heavy atom. The second-order valence-corrected chi connectivity index (χ2v) is 24.3. The number of aliphatic hydroxyl groups excluding tert-OH is 12. The zero-order valence-electron chi connectivity index (χ0n) is 47.9. The molecular formula is C50H94O28. The van der Waals surface area contributed by atoms with Gasteiger partial charge in [0.1, 0.15) is 85.5 Å². The Kier molecular flexibility index (Phi) is 27.5. The average Bonchev–Trinajstić information content (AvgIpc) is 3.25. The molecule has 5 rings (SSSR count). The van der Waals surface area contributed by atoms with E-state index in [0.29, 0.717) is 5.76 Å². The molecule has 0 radical (unpaired) electrons. The van der Waals surface area contributed by atoms with Crippen molar-refractivity contribution in [3.8, 4) is 0 Å². The Labute approximate surface area is 455 Å². The number of hydrogen-bond acceptors (Lipinski definition) is 25. The van der Waals surface area contributed by atoms with Crippen molar-refractivity contribution in [2.24, 2.45) is 0 Å². The fourth-order valence-corrected chi connectivity index (χ4v) is 7.80. The molecule has 16 N–H and O–H groups in total. The predicted octanol–water partition coefficient (Wildman–Crippen LogP) is -2.35. The predicted molar refractivity (Wildman–Crippen MR) is 268 cm³/mol. The quantitative estimate of drug-likeness (QED) is 0.115. The van der Waals surface area contributed by atoms with Gasteiger partial charge < -0.3 is 129 Å². The van der Waals surface area contributed by atoms with Gasteiger partial charge in [0.15, 0.2) is 37.4 Å². The van der Waals surface area contributed by atoms with Crippen molar-refractivity contribution < 1.29 is 139 Å². The minimum Gasteiger partial charge on any atom is -0.479 e. The van der Waals surface area contributed by atoms with Crippen LogP contribution in [0.25, 0.3) is 0 Å². The summed E-state index contributed by atoms with van der Waals surface area (Å²) in [6.45, 7) is 31.6. The Morgan fingerprint density at radius 1 is 0.410 bits per heavy atom. The standard InChI is InChI=1S/C20H36O11.C10H18O7.C10H20O5.C10H18O4.H2O/c1-8-13(30-19(2,3)4)9(21)11(23)17(27-8)28-14-10(22)12(24)18(31-20(5,6)7)29-15(14)16(25)26;1-10(2,3)17-9-6(13)4(11)5(12)7(16-9)8(14)15;1-5-8(15-10(2,3)4)6(11)7(12)9(13)14-5;1-6-5-7(11)8(12)9(13-6)14-10(2,3)4;/h8-15,17-18,21-24H,1-7H3,(H,25,26);4-7,9,11-13H,1-3H3,(H,14,15);5-9,11-13H,1-4H3;5,7-9,11-12H,1-4H3;1H2. The van der Waals surface area contributed by atoms with E-state index in [4.69, 9.17) is 57.2 Å². The molecule has 5 heterocycles. The highest BCUT2D eigenvalue weighted by molar-refractivity contribution is 5.74. The summed E-state index contributed by atoms with van der Waals surface area (Å²) in [5.74, 6) is -2.32. The van der Waals surface area contributed by atoms with E-state index in [9.17, 15) is 76.0 Å². The van der Waals surface area contributed by atoms with Gasteiger partial charge in [-0.1, -0.05) is 0 Å². The minimum absolute atomic E-state index is 0. The molecule has 0 saturated carbocycles. The van der Waals surface area contributed by atoms with Crippen molar-refractivity contribution >= 4 is 11.9 Å². The molecule has 28 heteroatoms. The van der Waals surface area contributed by atoms with Crippen molar-refractivity contribution in [2.45, 2.75) is 294 Å². The molecule has 23 unspecified atom stereocenters. The van der Waals surface area contributed by atoms with E-state index in [1.165, 1.54) is 6.08 Å². The molecule has 0 spiro atoms. The molecule has 0 bridgehead atoms. The minimum atomic E-state index is -1.73. The van der Waals surface area contributed by atoms with E-state index < -0.39 is 181 Å². The zero-order valence-corrected chi connectivity index (χ0v) is 47.9. The number of allylic oxidation sites excluding steroid dienone is 1. The van der Waals surface area contributed by atoms with Crippen LogP contribution in [0.2, 0.25) is 0 Å². The molecule has 5 aliphatic rings. The molecule has 0 aliphatic carbocycles. The highest BCUT2D eigenvalue weighted by Crippen LogP contribution is 2.34. The Balaban J connectivity index is 0.000000552. The zero-order chi connectivity index (χ0) is 60.0. The molecule has 78 heavy (non-hydrogen) atoms. The number of rotatable bonds is 9. The van der Waals surface area contributed by atoms with Crippen LogP contribution >= 0.6 is 0 Å². The van der Waals surface area contributed by atoms with Crippen LogP contribution in [0.1, 0.15) is 125 Å². The van der Waals surface area contributed by atoms with Crippen LogP contribution in [0.4, 0.5) is 0 Å². The normalized spacial score (nSPS) is 39.7. The third-order valence-electron chi connectivity index (χ3n) is 11.2. The molecule has 0 amide bonds. The first-order chi connectivity index (χ1) is 34.7. The summed E-state index contributed by atoms with van der Waals surface area (Å²) < 4.78 is 59.4. The lowest BCUT2D eigenvalue weighted by Crippen LogP contribution is -2.65. The van der Waals surface area contributed by atoms with Crippen molar-refractivity contribution in [1.29, 1.82) is 0 Å². The van der Waals surface area contributed by atoms with E-state index in [-0.39, 0.29) is 5.48 Å². The van der Waals surface area contributed by atoms with E-state index in [0.717, 1.165) is 0 Å². The summed E-state index contributed by atoms with van der Waals surface area (Å²) in [7, 11) is 0. The van der Waals surface area contributed by atoms with Gasteiger partial charge in [0.05, 0.1) is 46.0 Å². The van der Waals surface area contributed by atoms with Gasteiger partial charge in [-0.25, -0.2) is 9.59 Å². The van der Waals surface area contributed by atoms with Gasteiger partial charge in [0, 0.05) is 0 Å². The molecule has 4 saturated heterocycles. The van der Waals surface area contributed by atoms with Gasteiger partial charge in [-0.2, -0.15) is 0 Å². The highest BCUT2D eigenvalue weighted by atomic mass is 16.8. The van der Waals surface area contributed by atoms with Gasteiger partial charge in [0.25, 0.3) is 0 Å². The first kappa shape index (κ1) is 73.6. The Morgan fingerprint density at radius 3 is 1.17 bits per heavy atom. The van der Waals surface area contributed by atoms with Crippen molar-refractivity contribution in [3.05, 3.63) is 11.8 Å². The van der Waals surface area contributed by atoms with Gasteiger partial charge >= 0.3 is 11.9 Å². The van der Waals surface area contributed by atoms with Crippen LogP contribution in [-0.2, 0) is 61.7 Å². The summed E-state index contributed by atoms with van der Waals surface area (Å²) in [5, 5.41) is 136. The lowest BCUT2D eigenvalue weighted by Gasteiger charge is -2.47. The average molecular weight is 1140 g/mol. The molecular weight excluding hydrogens is 1050 g/mol. The molecule has 0 aromatic heterocycles. The third-order valence-corrected chi connectivity index (χ3v) is 11.2. The molecule has 462 valence electrons. The van der Waals surface area contributed by atoms with E-state index in [2.05, 4.69) is 0 Å². The SMILES string of the molecule is CC(C)(C)OC1OC(C(=O)O)C(O)C(O)C1O.CC1=CC(O)C(O)C(OC(C)(C)C)O1.CC1OC(O)C(O)C(O)C1OC(C)(C)C.CC1OC(OC2C(C(=O)O)OC(OC(C)(C)C)C(O)C2O)C(O)C(O)C1OC(C)(C)C.O. The number of aliphatic hydroxyl groups is 12. The van der Waals surface area contributed by atoms with Gasteiger partial charge in [-0.15, -0.1) is 0 Å². The molecule has 0 aromatic rings. The van der Waals surface area contributed by atoms with Gasteiger partial charge in [-0.3, -0.25) is 0 Å². The molecule has 28 nitrogen and oxygen atoms in total. The number of hydrogen-bond donors (Lipinski definition) is 14. The summed E-state index contributed by atoms with van der Waals surface area (Å²) >= 11 is 0. The molecule has 0 aromatic carbocycles. The summed E-state index contributed by atoms with van der Waals surface area (Å²) in [6.07, 6.45) is -28.1. The molecule has 23 atom stereocenters. The number of carboxylic acids is 2. The Hall–Kier alpha value is -2.44. The molecule has 4 fully saturated rings. The van der Waals surface area contributed by atoms with Crippen molar-refractivity contribution in [3.63, 3.8) is 0 Å². The third kappa shape index (κ3) is 22.7. The van der Waals surface area contributed by atoms with Crippen LogP contribution in [0.3, 0.4) is 0 Å². The second kappa shape index (κ2) is 29.2. The smallest absolute Gasteiger partial charge is 0.335 e. The molecule has 5 aliphatic heterocycles. The van der Waals surface area contributed by atoms with E-state index >= 15 is 0 Å². The first-order valence-corrected chi connectivity index (χ1v) is 25.3. The van der Waals surface area contributed by atoms with Crippen LogP contribution < -0.4 is 0 Å². The monoisotopic (exact) mass is 1140 g/mol. The summed E-state index contributed by atoms with van der Waals surface area (Å²) in [5.41, 5.74) is -2.94. The number of carboxylic acid groups (broad SMARTS) is 2. The van der Waals surface area contributed by atoms with Crippen LogP contribution in [-0.4, -0.2) is 258 Å². The number of ether oxygens (including phenoxy) is 11. The number of aliphatic carboxylic acids is 2. The lowest BCUT2D eigenvalue weighted by atomic mass is 9.96. The van der Waals surface area contributed by atoms with E-state index in [1.54, 1.807) is 83.1 Å². The maximum Gasteiger partial charge on any atom is 0.335 e. The van der Waals surface area contributed by atoms with Gasteiger partial charge in [0.2, 0.25) is 6.29 Å². The van der Waals surface area contributed by atoms with Crippen LogP contribution in [0, 0.1) is 0 Å². The van der Waals surface area contributed by atoms with Crippen molar-refractivity contribution in [1.82, 2.24) is 0 Å². The summed E-state index contributed by atoms with van der Waals surface area (Å²) in [6, 6.07) is 0. The first-order valence-electron chi connectivity index (χ1n) is 25.3. The summed E-state index contributed by atoms with van der Waals surface area (Å²) in [4.78, 5) is 22.6.